The molecule has 0 amide bonds. The molecular formula is C96H60. The van der Waals surface area contributed by atoms with Crippen molar-refractivity contribution in [3.05, 3.63) is 364 Å². The summed E-state index contributed by atoms with van der Waals surface area (Å²) >= 11 is 0. The van der Waals surface area contributed by atoms with Crippen molar-refractivity contribution in [3.8, 4) is 66.8 Å². The molecule has 0 spiro atoms. The predicted octanol–water partition coefficient (Wildman–Crippen LogP) is 27.2. The number of benzene rings is 20. The molecule has 20 rings (SSSR count). The Labute approximate surface area is 556 Å². The maximum absolute atomic E-state index is 2.40. The van der Waals surface area contributed by atoms with E-state index in [0.717, 1.165) is 0 Å². The molecule has 0 fully saturated rings. The summed E-state index contributed by atoms with van der Waals surface area (Å²) in [6.45, 7) is 0. The van der Waals surface area contributed by atoms with Crippen LogP contribution in [0.4, 0.5) is 0 Å². The number of fused-ring (bicyclic) bond motifs is 16. The van der Waals surface area contributed by atoms with Gasteiger partial charge in [-0.2, -0.15) is 0 Å². The van der Waals surface area contributed by atoms with Crippen molar-refractivity contribution < 1.29 is 0 Å². The first-order valence-corrected chi connectivity index (χ1v) is 33.4. The van der Waals surface area contributed by atoms with E-state index in [1.807, 2.05) is 0 Å². The van der Waals surface area contributed by atoms with Gasteiger partial charge >= 0.3 is 0 Å². The molecule has 0 N–H and O–H groups in total. The summed E-state index contributed by atoms with van der Waals surface area (Å²) in [5.41, 5.74) is 15.2. The first kappa shape index (κ1) is 55.2. The summed E-state index contributed by atoms with van der Waals surface area (Å²) in [4.78, 5) is 0. The van der Waals surface area contributed by atoms with Gasteiger partial charge in [-0.15, -0.1) is 0 Å². The number of hydrogen-bond acceptors (Lipinski definition) is 0. The van der Waals surface area contributed by atoms with E-state index >= 15 is 0 Å². The molecule has 96 heavy (non-hydrogen) atoms. The fraction of sp³-hybridized carbons (Fsp3) is 0. The van der Waals surface area contributed by atoms with Gasteiger partial charge in [0.05, 0.1) is 0 Å². The van der Waals surface area contributed by atoms with Crippen LogP contribution >= 0.6 is 0 Å². The molecule has 0 saturated heterocycles. The predicted molar refractivity (Wildman–Crippen MR) is 416 cm³/mol. The van der Waals surface area contributed by atoms with Crippen LogP contribution in [0.2, 0.25) is 0 Å². The third kappa shape index (κ3) is 8.84. The summed E-state index contributed by atoms with van der Waals surface area (Å²) < 4.78 is 0. The van der Waals surface area contributed by atoms with Crippen LogP contribution in [0.5, 0.6) is 0 Å². The molecular weight excluding hydrogens is 1150 g/mol. The van der Waals surface area contributed by atoms with Crippen LogP contribution in [0, 0.1) is 0 Å². The van der Waals surface area contributed by atoms with Gasteiger partial charge in [-0.3, -0.25) is 0 Å². The standard InChI is InChI=1S/2C48H30/c1-3-18-35-32(14-1)29-45(39-22-7-5-20-37(35)39)31-16-13-17-34(28-31)47-41-24-9-11-26-43(41)48(44-27-12-10-25-42(44)47)46-30-33-15-2-4-19-36(33)38-21-6-8-23-40(38)46;1-3-17-33-31(15-1)29-45(37-21-7-5-19-35(33)37)39-23-9-10-24-40(39)47-41-25-11-13-27-43(41)48(44-28-14-12-26-42(44)47)46-30-32-16-2-4-18-34(32)36-20-6-8-22-38(36)46/h2*1-30H. The Bertz CT molecular complexity index is 6470. The molecule has 0 aliphatic carbocycles. The SMILES string of the molecule is c1cc(-c2c3ccccc3c(-c3cc4ccccc4c4ccccc34)c3ccccc23)cc(-c2cc3ccccc3c3ccccc23)c1.c1ccc(-c2cc3ccccc3c3ccccc23)c(-c2c3ccccc3c(-c3cc4ccccc4c4ccccc34)c3ccccc23)c1. The van der Waals surface area contributed by atoms with Crippen molar-refractivity contribution in [1.29, 1.82) is 0 Å². The summed E-state index contributed by atoms with van der Waals surface area (Å²) in [7, 11) is 0. The van der Waals surface area contributed by atoms with Crippen molar-refractivity contribution >= 4 is 129 Å². The molecule has 0 bridgehead atoms. The Balaban J connectivity index is 0.000000135. The first-order chi connectivity index (χ1) is 47.7. The van der Waals surface area contributed by atoms with E-state index in [0.29, 0.717) is 0 Å². The monoisotopic (exact) mass is 1210 g/mol. The maximum Gasteiger partial charge on any atom is -0.00199 e. The van der Waals surface area contributed by atoms with Crippen molar-refractivity contribution in [2.75, 3.05) is 0 Å². The van der Waals surface area contributed by atoms with Crippen LogP contribution in [0.3, 0.4) is 0 Å². The first-order valence-electron chi connectivity index (χ1n) is 33.4. The lowest BCUT2D eigenvalue weighted by atomic mass is 9.82. The zero-order valence-corrected chi connectivity index (χ0v) is 52.6. The molecule has 20 aromatic rings. The largest absolute Gasteiger partial charge is 0.0616 e. The topological polar surface area (TPSA) is 0 Å². The molecule has 0 nitrogen and oxygen atoms in total. The van der Waals surface area contributed by atoms with E-state index in [1.54, 1.807) is 0 Å². The average Bonchev–Trinajstić information content (AvgIpc) is 0.727. The van der Waals surface area contributed by atoms with Gasteiger partial charge in [0.15, 0.2) is 0 Å². The summed E-state index contributed by atoms with van der Waals surface area (Å²) in [6, 6.07) is 134. The van der Waals surface area contributed by atoms with E-state index in [-0.39, 0.29) is 0 Å². The van der Waals surface area contributed by atoms with Gasteiger partial charge in [0.2, 0.25) is 0 Å². The summed E-state index contributed by atoms with van der Waals surface area (Å²) in [5.74, 6) is 0. The lowest BCUT2D eigenvalue weighted by molar-refractivity contribution is 1.64. The van der Waals surface area contributed by atoms with Gasteiger partial charge in [0.25, 0.3) is 0 Å². The summed E-state index contributed by atoms with van der Waals surface area (Å²) in [6.07, 6.45) is 0. The molecule has 0 radical (unpaired) electrons. The van der Waals surface area contributed by atoms with Crippen LogP contribution in [-0.2, 0) is 0 Å². The van der Waals surface area contributed by atoms with Crippen LogP contribution in [0.15, 0.2) is 364 Å². The second-order valence-electron chi connectivity index (χ2n) is 25.6. The zero-order chi connectivity index (χ0) is 63.2. The Hall–Kier alpha value is -12.5. The lowest BCUT2D eigenvalue weighted by Crippen LogP contribution is -1.94. The molecule has 0 aliphatic rings. The van der Waals surface area contributed by atoms with Gasteiger partial charge in [-0.25, -0.2) is 0 Å². The van der Waals surface area contributed by atoms with Crippen molar-refractivity contribution in [1.82, 2.24) is 0 Å². The van der Waals surface area contributed by atoms with Gasteiger partial charge in [-0.1, -0.05) is 334 Å². The van der Waals surface area contributed by atoms with E-state index in [9.17, 15) is 0 Å². The normalized spacial score (nSPS) is 11.8. The van der Waals surface area contributed by atoms with E-state index in [2.05, 4.69) is 364 Å². The second-order valence-corrected chi connectivity index (χ2v) is 25.6. The Morgan fingerprint density at radius 1 is 0.104 bits per heavy atom. The smallest absolute Gasteiger partial charge is 0.00199 e. The van der Waals surface area contributed by atoms with Crippen LogP contribution < -0.4 is 0 Å². The maximum atomic E-state index is 2.40. The van der Waals surface area contributed by atoms with Gasteiger partial charge in [0, 0.05) is 0 Å². The third-order valence-electron chi connectivity index (χ3n) is 20.4. The van der Waals surface area contributed by atoms with E-state index < -0.39 is 0 Å². The molecule has 0 aliphatic heterocycles. The van der Waals surface area contributed by atoms with Crippen LogP contribution in [0.25, 0.3) is 196 Å². The molecule has 444 valence electrons. The highest BCUT2D eigenvalue weighted by atomic mass is 14.3. The quantitative estimate of drug-likeness (QED) is 0.115. The Morgan fingerprint density at radius 3 is 0.698 bits per heavy atom. The van der Waals surface area contributed by atoms with E-state index in [1.165, 1.54) is 196 Å². The molecule has 0 unspecified atom stereocenters. The second kappa shape index (κ2) is 22.7. The number of hydrogen-bond donors (Lipinski definition) is 0. The Kier molecular flexibility index (Phi) is 13.0. The van der Waals surface area contributed by atoms with Gasteiger partial charge in [-0.05, 0) is 226 Å². The highest BCUT2D eigenvalue weighted by molar-refractivity contribution is 6.29. The van der Waals surface area contributed by atoms with Crippen molar-refractivity contribution in [3.63, 3.8) is 0 Å². The number of rotatable bonds is 6. The van der Waals surface area contributed by atoms with Crippen molar-refractivity contribution in [2.24, 2.45) is 0 Å². The molecule has 20 aromatic carbocycles. The molecule has 0 aromatic heterocycles. The highest BCUT2D eigenvalue weighted by Gasteiger charge is 2.24. The fourth-order valence-corrected chi connectivity index (χ4v) is 16.3. The average molecular weight is 1210 g/mol. The molecule has 0 heterocycles. The lowest BCUT2D eigenvalue weighted by Gasteiger charge is -2.21. The molecule has 0 saturated carbocycles. The highest BCUT2D eigenvalue weighted by Crippen LogP contribution is 2.51. The Morgan fingerprint density at radius 2 is 0.333 bits per heavy atom. The van der Waals surface area contributed by atoms with E-state index in [4.69, 9.17) is 0 Å². The van der Waals surface area contributed by atoms with Crippen LogP contribution in [0.1, 0.15) is 0 Å². The van der Waals surface area contributed by atoms with Gasteiger partial charge in [0.1, 0.15) is 0 Å². The molecule has 0 heteroatoms. The minimum absolute atomic E-state index is 1.23. The minimum Gasteiger partial charge on any atom is -0.0616 e. The zero-order valence-electron chi connectivity index (χ0n) is 52.6. The molecule has 0 atom stereocenters. The van der Waals surface area contributed by atoms with Crippen molar-refractivity contribution in [2.45, 2.75) is 0 Å². The fourth-order valence-electron chi connectivity index (χ4n) is 16.3. The van der Waals surface area contributed by atoms with Crippen LogP contribution in [-0.4, -0.2) is 0 Å². The summed E-state index contributed by atoms with van der Waals surface area (Å²) in [5, 5.41) is 30.6. The van der Waals surface area contributed by atoms with Gasteiger partial charge < -0.3 is 0 Å². The third-order valence-corrected chi connectivity index (χ3v) is 20.4. The minimum atomic E-state index is 1.23.